The Labute approximate surface area is 125 Å². The minimum absolute atomic E-state index is 0.158. The van der Waals surface area contributed by atoms with Crippen LogP contribution >= 0.6 is 11.6 Å². The summed E-state index contributed by atoms with van der Waals surface area (Å²) in [5.41, 5.74) is 1.68. The second-order valence-electron chi connectivity index (χ2n) is 4.47. The van der Waals surface area contributed by atoms with Gasteiger partial charge in [0.15, 0.2) is 5.69 Å². The molecule has 0 spiro atoms. The summed E-state index contributed by atoms with van der Waals surface area (Å²) in [4.78, 5) is 23.9. The fourth-order valence-electron chi connectivity index (χ4n) is 2.26. The smallest absolute Gasteiger partial charge is 0.359 e. The molecule has 1 amide bonds. The van der Waals surface area contributed by atoms with Crippen LogP contribution in [0.25, 0.3) is 5.69 Å². The largest absolute Gasteiger partial charge is 0.461 e. The van der Waals surface area contributed by atoms with E-state index in [1.165, 1.54) is 4.68 Å². The number of carbonyl (C=O) groups excluding carboxylic acids is 2. The number of nitrogens with one attached hydrogen (secondary N) is 1. The number of halogens is 1. The number of benzene rings is 1. The van der Waals surface area contributed by atoms with Crippen LogP contribution in [-0.2, 0) is 11.3 Å². The topological polar surface area (TPSA) is 73.2 Å². The molecule has 0 saturated carbocycles. The third kappa shape index (κ3) is 2.27. The maximum Gasteiger partial charge on any atom is 0.359 e. The van der Waals surface area contributed by atoms with Gasteiger partial charge in [-0.15, -0.1) is 0 Å². The molecule has 21 heavy (non-hydrogen) atoms. The first-order valence-corrected chi connectivity index (χ1v) is 6.82. The van der Waals surface area contributed by atoms with E-state index < -0.39 is 5.97 Å². The van der Waals surface area contributed by atoms with Crippen molar-refractivity contribution in [3.8, 4) is 5.69 Å². The van der Waals surface area contributed by atoms with E-state index >= 15 is 0 Å². The standard InChI is InChI=1S/C14H12ClN3O3/c1-2-21-14(20)11-10-7-16-13(19)12(10)18(17-11)9-5-3-4-8(15)6-9/h3-6H,2,7H2,1H3,(H,16,19). The number of amides is 1. The van der Waals surface area contributed by atoms with Crippen LogP contribution in [0.1, 0.15) is 33.5 Å². The van der Waals surface area contributed by atoms with Crippen molar-refractivity contribution in [2.45, 2.75) is 13.5 Å². The molecule has 0 atom stereocenters. The van der Waals surface area contributed by atoms with Crippen molar-refractivity contribution in [3.05, 3.63) is 46.2 Å². The molecule has 2 aromatic rings. The molecule has 2 heterocycles. The average Bonchev–Trinajstić information content (AvgIpc) is 3.00. The molecule has 3 rings (SSSR count). The molecule has 7 heteroatoms. The van der Waals surface area contributed by atoms with Crippen molar-refractivity contribution in [1.29, 1.82) is 0 Å². The average molecular weight is 306 g/mol. The Balaban J connectivity index is 2.16. The second-order valence-corrected chi connectivity index (χ2v) is 4.91. The van der Waals surface area contributed by atoms with Gasteiger partial charge in [0.1, 0.15) is 5.69 Å². The molecule has 1 aliphatic heterocycles. The summed E-state index contributed by atoms with van der Waals surface area (Å²) in [5, 5.41) is 7.44. The zero-order valence-electron chi connectivity index (χ0n) is 11.2. The van der Waals surface area contributed by atoms with Crippen LogP contribution in [0.15, 0.2) is 24.3 Å². The summed E-state index contributed by atoms with van der Waals surface area (Å²) in [6.45, 7) is 2.23. The molecule has 0 saturated heterocycles. The molecule has 0 radical (unpaired) electrons. The SMILES string of the molecule is CCOC(=O)c1nn(-c2cccc(Cl)c2)c2c1CNC2=O. The number of rotatable bonds is 3. The monoisotopic (exact) mass is 305 g/mol. The first-order chi connectivity index (χ1) is 10.1. The fourth-order valence-corrected chi connectivity index (χ4v) is 2.45. The van der Waals surface area contributed by atoms with E-state index in [1.807, 2.05) is 0 Å². The third-order valence-electron chi connectivity index (χ3n) is 3.15. The van der Waals surface area contributed by atoms with Crippen molar-refractivity contribution < 1.29 is 14.3 Å². The Morgan fingerprint density at radius 3 is 3.05 bits per heavy atom. The molecule has 108 valence electrons. The molecule has 0 bridgehead atoms. The highest BCUT2D eigenvalue weighted by Crippen LogP contribution is 2.25. The fraction of sp³-hybridized carbons (Fsp3) is 0.214. The molecule has 6 nitrogen and oxygen atoms in total. The van der Waals surface area contributed by atoms with E-state index in [9.17, 15) is 9.59 Å². The number of aromatic nitrogens is 2. The molecular formula is C14H12ClN3O3. The zero-order chi connectivity index (χ0) is 15.0. The Morgan fingerprint density at radius 1 is 1.52 bits per heavy atom. The molecule has 1 aromatic heterocycles. The van der Waals surface area contributed by atoms with Gasteiger partial charge >= 0.3 is 5.97 Å². The summed E-state index contributed by atoms with van der Waals surface area (Å²) in [7, 11) is 0. The van der Waals surface area contributed by atoms with Gasteiger partial charge in [-0.1, -0.05) is 17.7 Å². The predicted molar refractivity (Wildman–Crippen MR) is 75.7 cm³/mol. The lowest BCUT2D eigenvalue weighted by atomic mass is 10.2. The van der Waals surface area contributed by atoms with Gasteiger partial charge in [0.25, 0.3) is 5.91 Å². The Hall–Kier alpha value is -2.34. The first-order valence-electron chi connectivity index (χ1n) is 6.45. The van der Waals surface area contributed by atoms with Gasteiger partial charge in [-0.2, -0.15) is 5.10 Å². The van der Waals surface area contributed by atoms with E-state index in [0.717, 1.165) is 0 Å². The summed E-state index contributed by atoms with van der Waals surface area (Å²) in [6.07, 6.45) is 0. The van der Waals surface area contributed by atoms with Gasteiger partial charge in [0.05, 0.1) is 12.3 Å². The second kappa shape index (κ2) is 5.21. The number of ether oxygens (including phenoxy) is 1. The molecule has 1 aliphatic rings. The number of hydrogen-bond donors (Lipinski definition) is 1. The van der Waals surface area contributed by atoms with Crippen LogP contribution < -0.4 is 5.32 Å². The number of fused-ring (bicyclic) bond motifs is 1. The maximum atomic E-state index is 12.0. The van der Waals surface area contributed by atoms with E-state index in [1.54, 1.807) is 31.2 Å². The molecule has 0 fully saturated rings. The van der Waals surface area contributed by atoms with Crippen molar-refractivity contribution in [3.63, 3.8) is 0 Å². The highest BCUT2D eigenvalue weighted by molar-refractivity contribution is 6.30. The maximum absolute atomic E-state index is 12.0. The summed E-state index contributed by atoms with van der Waals surface area (Å²) >= 11 is 5.97. The van der Waals surface area contributed by atoms with Crippen molar-refractivity contribution >= 4 is 23.5 Å². The van der Waals surface area contributed by atoms with Crippen LogP contribution in [0.2, 0.25) is 5.02 Å². The van der Waals surface area contributed by atoms with Crippen LogP contribution in [-0.4, -0.2) is 28.3 Å². The van der Waals surface area contributed by atoms with Gasteiger partial charge in [-0.25, -0.2) is 9.48 Å². The third-order valence-corrected chi connectivity index (χ3v) is 3.38. The number of nitrogens with zero attached hydrogens (tertiary/aromatic N) is 2. The molecular weight excluding hydrogens is 294 g/mol. The van der Waals surface area contributed by atoms with Crippen molar-refractivity contribution in [2.75, 3.05) is 6.61 Å². The van der Waals surface area contributed by atoms with E-state index in [4.69, 9.17) is 16.3 Å². The molecule has 0 unspecified atom stereocenters. The molecule has 1 N–H and O–H groups in total. The minimum Gasteiger partial charge on any atom is -0.461 e. The summed E-state index contributed by atoms with van der Waals surface area (Å²) in [6, 6.07) is 6.92. The normalized spacial score (nSPS) is 13.0. The molecule has 0 aliphatic carbocycles. The van der Waals surface area contributed by atoms with E-state index in [-0.39, 0.29) is 24.8 Å². The van der Waals surface area contributed by atoms with Gasteiger partial charge in [-0.3, -0.25) is 4.79 Å². The number of esters is 1. The van der Waals surface area contributed by atoms with Crippen molar-refractivity contribution in [1.82, 2.24) is 15.1 Å². The Bertz CT molecular complexity index is 739. The van der Waals surface area contributed by atoms with Gasteiger partial charge < -0.3 is 10.1 Å². The molecule has 1 aromatic carbocycles. The lowest BCUT2D eigenvalue weighted by Crippen LogP contribution is -2.18. The van der Waals surface area contributed by atoms with Gasteiger partial charge in [0, 0.05) is 17.1 Å². The Morgan fingerprint density at radius 2 is 2.33 bits per heavy atom. The summed E-state index contributed by atoms with van der Waals surface area (Å²) < 4.78 is 6.41. The quantitative estimate of drug-likeness (QED) is 0.880. The van der Waals surface area contributed by atoms with Gasteiger partial charge in [0.2, 0.25) is 0 Å². The lowest BCUT2D eigenvalue weighted by Gasteiger charge is -2.05. The van der Waals surface area contributed by atoms with Crippen LogP contribution in [0, 0.1) is 0 Å². The first kappa shape index (κ1) is 13.6. The van der Waals surface area contributed by atoms with Crippen molar-refractivity contribution in [2.24, 2.45) is 0 Å². The van der Waals surface area contributed by atoms with Crippen LogP contribution in [0.5, 0.6) is 0 Å². The predicted octanol–water partition coefficient (Wildman–Crippen LogP) is 1.95. The number of hydrogen-bond acceptors (Lipinski definition) is 4. The summed E-state index contributed by atoms with van der Waals surface area (Å²) in [5.74, 6) is -0.806. The Kier molecular flexibility index (Phi) is 3.39. The van der Waals surface area contributed by atoms with Crippen LogP contribution in [0.4, 0.5) is 0 Å². The van der Waals surface area contributed by atoms with E-state index in [2.05, 4.69) is 10.4 Å². The van der Waals surface area contributed by atoms with E-state index in [0.29, 0.717) is 22.0 Å². The lowest BCUT2D eigenvalue weighted by molar-refractivity contribution is 0.0517. The highest BCUT2D eigenvalue weighted by Gasteiger charge is 2.32. The zero-order valence-corrected chi connectivity index (χ0v) is 12.0. The minimum atomic E-state index is -0.536. The van der Waals surface area contributed by atoms with Gasteiger partial charge in [-0.05, 0) is 25.1 Å². The van der Waals surface area contributed by atoms with Crippen LogP contribution in [0.3, 0.4) is 0 Å². The highest BCUT2D eigenvalue weighted by atomic mass is 35.5. The number of carbonyl (C=O) groups is 2.